The Morgan fingerprint density at radius 3 is 2.47 bits per heavy atom. The number of amides is 2. The van der Waals surface area contributed by atoms with Crippen LogP contribution in [-0.4, -0.2) is 34.6 Å². The van der Waals surface area contributed by atoms with Crippen LogP contribution in [0, 0.1) is 6.92 Å². The summed E-state index contributed by atoms with van der Waals surface area (Å²) in [6.07, 6.45) is 0.0832. The second kappa shape index (κ2) is 9.78. The minimum absolute atomic E-state index is 0.0832. The van der Waals surface area contributed by atoms with Crippen LogP contribution < -0.4 is 20.3 Å². The highest BCUT2D eigenvalue weighted by Gasteiger charge is 2.12. The van der Waals surface area contributed by atoms with Gasteiger partial charge in [0.25, 0.3) is 5.91 Å². The second-order valence-electron chi connectivity index (χ2n) is 6.59. The van der Waals surface area contributed by atoms with Crippen LogP contribution in [0.2, 0.25) is 0 Å². The zero-order valence-corrected chi connectivity index (χ0v) is 17.4. The maximum Gasteiger partial charge on any atom is 0.269 e. The first-order chi connectivity index (χ1) is 14.5. The molecule has 0 aliphatic rings. The normalized spacial score (nSPS) is 10.6. The Balaban J connectivity index is 1.50. The minimum Gasteiger partial charge on any atom is -0.490 e. The van der Waals surface area contributed by atoms with Gasteiger partial charge < -0.3 is 14.0 Å². The van der Waals surface area contributed by atoms with E-state index in [1.165, 1.54) is 0 Å². The van der Waals surface area contributed by atoms with E-state index in [9.17, 15) is 9.59 Å². The van der Waals surface area contributed by atoms with Crippen LogP contribution in [0.1, 0.15) is 36.5 Å². The van der Waals surface area contributed by atoms with Crippen molar-refractivity contribution in [1.29, 1.82) is 0 Å². The van der Waals surface area contributed by atoms with Gasteiger partial charge in [-0.3, -0.25) is 20.4 Å². The molecule has 158 valence electrons. The van der Waals surface area contributed by atoms with Crippen LogP contribution >= 0.6 is 0 Å². The Labute approximate surface area is 175 Å². The van der Waals surface area contributed by atoms with E-state index >= 15 is 0 Å². The summed E-state index contributed by atoms with van der Waals surface area (Å²) in [5, 5.41) is 0. The summed E-state index contributed by atoms with van der Waals surface area (Å²) in [6.45, 7) is 7.35. The van der Waals surface area contributed by atoms with Gasteiger partial charge in [-0.05, 0) is 51.1 Å². The number of nitrogens with one attached hydrogen (secondary N) is 2. The van der Waals surface area contributed by atoms with E-state index in [0.717, 1.165) is 23.4 Å². The number of ether oxygens (including phenoxy) is 2. The Hall–Kier alpha value is -3.55. The molecule has 1 heterocycles. The lowest BCUT2D eigenvalue weighted by atomic mass is 10.2. The lowest BCUT2D eigenvalue weighted by molar-refractivity contribution is -0.122. The Morgan fingerprint density at radius 2 is 1.77 bits per heavy atom. The van der Waals surface area contributed by atoms with Crippen molar-refractivity contribution in [3.63, 3.8) is 0 Å². The molecule has 0 saturated carbocycles. The molecule has 3 rings (SSSR count). The predicted octanol–water partition coefficient (Wildman–Crippen LogP) is 2.99. The highest BCUT2D eigenvalue weighted by atomic mass is 16.5. The molecule has 3 aromatic rings. The number of hydrazine groups is 1. The summed E-state index contributed by atoms with van der Waals surface area (Å²) in [7, 11) is 0. The molecule has 0 saturated heterocycles. The molecule has 0 fully saturated rings. The zero-order chi connectivity index (χ0) is 21.5. The summed E-state index contributed by atoms with van der Waals surface area (Å²) in [5.74, 6) is 1.33. The first kappa shape index (κ1) is 21.2. The maximum atomic E-state index is 12.4. The van der Waals surface area contributed by atoms with Crippen molar-refractivity contribution in [1.82, 2.24) is 20.4 Å². The number of carbonyl (C=O) groups excluding carboxylic acids is 2. The van der Waals surface area contributed by atoms with E-state index in [4.69, 9.17) is 9.47 Å². The number of hydrogen-bond donors (Lipinski definition) is 2. The maximum absolute atomic E-state index is 12.4. The molecule has 2 aromatic carbocycles. The SMILES string of the molecule is CCOc1ccccc1OCCC(=O)NNC(=O)c1ccc2c(c1)nc(C)n2CC. The zero-order valence-electron chi connectivity index (χ0n) is 17.4. The topological polar surface area (TPSA) is 94.5 Å². The molecule has 0 aliphatic carbocycles. The lowest BCUT2D eigenvalue weighted by Crippen LogP contribution is -2.42. The fourth-order valence-corrected chi connectivity index (χ4v) is 3.15. The number of carbonyl (C=O) groups is 2. The number of rotatable bonds is 8. The van der Waals surface area contributed by atoms with Gasteiger partial charge in [0.15, 0.2) is 11.5 Å². The van der Waals surface area contributed by atoms with Crippen LogP contribution in [-0.2, 0) is 11.3 Å². The number of hydrogen-bond acceptors (Lipinski definition) is 5. The van der Waals surface area contributed by atoms with Crippen LogP contribution in [0.15, 0.2) is 42.5 Å². The van der Waals surface area contributed by atoms with Crippen molar-refractivity contribution in [2.75, 3.05) is 13.2 Å². The third-order valence-corrected chi connectivity index (χ3v) is 4.57. The monoisotopic (exact) mass is 410 g/mol. The van der Waals surface area contributed by atoms with Crippen LogP contribution in [0.25, 0.3) is 11.0 Å². The van der Waals surface area contributed by atoms with E-state index in [1.807, 2.05) is 39.0 Å². The summed E-state index contributed by atoms with van der Waals surface area (Å²) in [4.78, 5) is 28.9. The first-order valence-electron chi connectivity index (χ1n) is 9.94. The molecule has 0 atom stereocenters. The Kier molecular flexibility index (Phi) is 6.90. The lowest BCUT2D eigenvalue weighted by Gasteiger charge is -2.12. The second-order valence-corrected chi connectivity index (χ2v) is 6.59. The smallest absolute Gasteiger partial charge is 0.269 e. The third-order valence-electron chi connectivity index (χ3n) is 4.57. The average Bonchev–Trinajstić information content (AvgIpc) is 3.07. The van der Waals surface area contributed by atoms with Crippen molar-refractivity contribution in [2.45, 2.75) is 33.7 Å². The van der Waals surface area contributed by atoms with E-state index in [-0.39, 0.29) is 18.9 Å². The van der Waals surface area contributed by atoms with Crippen LogP contribution in [0.3, 0.4) is 0 Å². The number of benzene rings is 2. The van der Waals surface area contributed by atoms with Gasteiger partial charge in [-0.25, -0.2) is 4.98 Å². The number of imidazole rings is 1. The number of aromatic nitrogens is 2. The van der Waals surface area contributed by atoms with E-state index in [0.29, 0.717) is 23.7 Å². The van der Waals surface area contributed by atoms with Crippen molar-refractivity contribution in [3.8, 4) is 11.5 Å². The first-order valence-corrected chi connectivity index (χ1v) is 9.94. The fourth-order valence-electron chi connectivity index (χ4n) is 3.15. The quantitative estimate of drug-likeness (QED) is 0.557. The van der Waals surface area contributed by atoms with Crippen molar-refractivity contribution < 1.29 is 19.1 Å². The van der Waals surface area contributed by atoms with Crippen LogP contribution in [0.4, 0.5) is 0 Å². The Morgan fingerprint density at radius 1 is 1.03 bits per heavy atom. The molecule has 0 unspecified atom stereocenters. The van der Waals surface area contributed by atoms with Gasteiger partial charge in [-0.2, -0.15) is 0 Å². The number of nitrogens with zero attached hydrogens (tertiary/aromatic N) is 2. The molecule has 0 aliphatic heterocycles. The van der Waals surface area contributed by atoms with E-state index in [1.54, 1.807) is 24.3 Å². The number of aryl methyl sites for hydroxylation is 2. The molecule has 8 nitrogen and oxygen atoms in total. The molecule has 8 heteroatoms. The fraction of sp³-hybridized carbons (Fsp3) is 0.318. The van der Waals surface area contributed by atoms with Gasteiger partial charge in [0.1, 0.15) is 5.82 Å². The van der Waals surface area contributed by atoms with Gasteiger partial charge in [-0.1, -0.05) is 12.1 Å². The largest absolute Gasteiger partial charge is 0.490 e. The molecule has 0 spiro atoms. The minimum atomic E-state index is -0.406. The molecule has 0 bridgehead atoms. The third kappa shape index (κ3) is 4.89. The molecular weight excluding hydrogens is 384 g/mol. The standard InChI is InChI=1S/C22H26N4O4/c1-4-26-15(3)23-17-14-16(10-11-18(17)26)22(28)25-24-21(27)12-13-30-20-9-7-6-8-19(20)29-5-2/h6-11,14H,4-5,12-13H2,1-3H3,(H,24,27)(H,25,28). The summed E-state index contributed by atoms with van der Waals surface area (Å²) < 4.78 is 13.2. The molecule has 1 aromatic heterocycles. The van der Waals surface area contributed by atoms with Gasteiger partial charge >= 0.3 is 0 Å². The predicted molar refractivity (Wildman–Crippen MR) is 113 cm³/mol. The van der Waals surface area contributed by atoms with Crippen molar-refractivity contribution >= 4 is 22.8 Å². The Bertz CT molecular complexity index is 1040. The highest BCUT2D eigenvalue weighted by Crippen LogP contribution is 2.26. The van der Waals surface area contributed by atoms with Crippen LogP contribution in [0.5, 0.6) is 11.5 Å². The summed E-state index contributed by atoms with van der Waals surface area (Å²) >= 11 is 0. The molecule has 2 N–H and O–H groups in total. The van der Waals surface area contributed by atoms with E-state index < -0.39 is 5.91 Å². The summed E-state index contributed by atoms with van der Waals surface area (Å²) in [5.41, 5.74) is 6.97. The number of para-hydroxylation sites is 2. The van der Waals surface area contributed by atoms with Gasteiger partial charge in [-0.15, -0.1) is 0 Å². The van der Waals surface area contributed by atoms with Gasteiger partial charge in [0.2, 0.25) is 5.91 Å². The summed E-state index contributed by atoms with van der Waals surface area (Å²) in [6, 6.07) is 12.6. The molecule has 30 heavy (non-hydrogen) atoms. The molecule has 2 amide bonds. The van der Waals surface area contributed by atoms with Gasteiger partial charge in [0.05, 0.1) is 30.7 Å². The molecule has 0 radical (unpaired) electrons. The highest BCUT2D eigenvalue weighted by molar-refractivity contribution is 5.98. The van der Waals surface area contributed by atoms with Crippen molar-refractivity contribution in [2.24, 2.45) is 0 Å². The number of fused-ring (bicyclic) bond motifs is 1. The average molecular weight is 410 g/mol. The van der Waals surface area contributed by atoms with E-state index in [2.05, 4.69) is 20.4 Å². The van der Waals surface area contributed by atoms with Crippen molar-refractivity contribution in [3.05, 3.63) is 53.9 Å². The van der Waals surface area contributed by atoms with Gasteiger partial charge in [0, 0.05) is 12.1 Å². The molecular formula is C22H26N4O4.